The van der Waals surface area contributed by atoms with E-state index in [4.69, 9.17) is 20.4 Å². The number of pyridine rings is 1. The van der Waals surface area contributed by atoms with E-state index in [2.05, 4.69) is 53.1 Å². The highest BCUT2D eigenvalue weighted by atomic mass is 32.2. The normalized spacial score (nSPS) is 19.2. The highest BCUT2D eigenvalue weighted by molar-refractivity contribution is 8.14. The molecule has 420 valence electrons. The summed E-state index contributed by atoms with van der Waals surface area (Å²) in [6.07, 6.45) is -2.27. The average molecular weight is 1240 g/mol. The van der Waals surface area contributed by atoms with E-state index in [0.717, 1.165) is 73.1 Å². The molecular formula is C51H42N12O12S7. The summed E-state index contributed by atoms with van der Waals surface area (Å²) in [6.45, 7) is 7.81. The van der Waals surface area contributed by atoms with Crippen molar-refractivity contribution < 1.29 is 58.4 Å². The number of cyclic esters (lactones) is 1. The monoisotopic (exact) mass is 1240 g/mol. The first kappa shape index (κ1) is 57.2. The Hall–Kier alpha value is -8.01. The van der Waals surface area contributed by atoms with Gasteiger partial charge in [-0.15, -0.1) is 68.0 Å². The van der Waals surface area contributed by atoms with Crippen molar-refractivity contribution >= 4 is 142 Å². The van der Waals surface area contributed by atoms with E-state index in [1.807, 2.05) is 6.07 Å². The number of aromatic nitrogens is 6. The molecule has 5 atom stereocenters. The minimum absolute atomic E-state index is 0.0444. The van der Waals surface area contributed by atoms with Gasteiger partial charge in [0.25, 0.3) is 29.5 Å². The molecule has 0 aliphatic carbocycles. The maximum atomic E-state index is 14.5. The average Bonchev–Trinajstić information content (AvgIpc) is 4.37. The summed E-state index contributed by atoms with van der Waals surface area (Å²) in [5.74, 6) is -6.59. The first-order valence-corrected chi connectivity index (χ1v) is 30.4. The Bertz CT molecular complexity index is 3990. The van der Waals surface area contributed by atoms with Crippen LogP contribution in [-0.4, -0.2) is 116 Å². The second-order valence-electron chi connectivity index (χ2n) is 18.0. The molecule has 0 spiro atoms. The zero-order valence-electron chi connectivity index (χ0n) is 42.6. The molecule has 1 aromatic carbocycles. The molecule has 31 heteroatoms. The van der Waals surface area contributed by atoms with E-state index in [0.29, 0.717) is 21.4 Å². The third-order valence-corrected chi connectivity index (χ3v) is 19.3. The minimum Gasteiger partial charge on any atom is -0.506 e. The van der Waals surface area contributed by atoms with Gasteiger partial charge in [-0.1, -0.05) is 36.5 Å². The smallest absolute Gasteiger partial charge is 0.335 e. The lowest BCUT2D eigenvalue weighted by Gasteiger charge is -2.21. The summed E-state index contributed by atoms with van der Waals surface area (Å²) >= 11 is 7.03. The number of aryl methyl sites for hydroxylation is 1. The number of primary amides is 1. The van der Waals surface area contributed by atoms with Crippen LogP contribution in [0.25, 0.3) is 48.4 Å². The molecule has 0 unspecified atom stereocenters. The zero-order chi connectivity index (χ0) is 58.3. The van der Waals surface area contributed by atoms with E-state index >= 15 is 0 Å². The molecule has 0 saturated carbocycles. The lowest BCUT2D eigenvalue weighted by molar-refractivity contribution is -0.155. The maximum Gasteiger partial charge on any atom is 0.335 e. The molecule has 6 amide bonds. The number of allylic oxidation sites excluding steroid dienone is 1. The number of esters is 1. The number of nitrogens with one attached hydrogen (secondary N) is 5. The van der Waals surface area contributed by atoms with Crippen molar-refractivity contribution in [3.63, 3.8) is 0 Å². The molecule has 2 aliphatic rings. The summed E-state index contributed by atoms with van der Waals surface area (Å²) in [7, 11) is 0. The van der Waals surface area contributed by atoms with Gasteiger partial charge in [0.05, 0.1) is 34.5 Å². The van der Waals surface area contributed by atoms with Crippen LogP contribution in [0.3, 0.4) is 0 Å². The Kier molecular flexibility index (Phi) is 16.6. The van der Waals surface area contributed by atoms with Gasteiger partial charge in [0, 0.05) is 54.7 Å². The number of amides is 6. The highest BCUT2D eigenvalue weighted by Crippen LogP contribution is 2.42. The second-order valence-corrected chi connectivity index (χ2v) is 24.4. The number of nitrogens with zero attached hydrogens (tertiary/aromatic N) is 6. The number of carbonyl (C=O) groups excluding carboxylic acids is 8. The summed E-state index contributed by atoms with van der Waals surface area (Å²) in [6, 6.07) is 2.81. The molecule has 0 radical (unpaired) electrons. The molecule has 9 heterocycles. The first-order valence-electron chi connectivity index (χ1n) is 24.2. The van der Waals surface area contributed by atoms with Gasteiger partial charge in [-0.25, -0.2) is 34.7 Å². The number of hydrogen-bond acceptors (Lipinski definition) is 25. The zero-order valence-corrected chi connectivity index (χ0v) is 48.3. The molecule has 0 saturated heterocycles. The Morgan fingerprint density at radius 3 is 2.17 bits per heavy atom. The molecule has 8 aromatic rings. The number of aliphatic hydroxyl groups excluding tert-OH is 2. The Balaban J connectivity index is 1.11. The largest absolute Gasteiger partial charge is 0.506 e. The number of hydrogen-bond donors (Lipinski definition) is 9. The van der Waals surface area contributed by atoms with Gasteiger partial charge in [-0.05, 0) is 44.0 Å². The number of thiophene rings is 1. The molecule has 2 aliphatic heterocycles. The Morgan fingerprint density at radius 1 is 0.817 bits per heavy atom. The molecule has 10 N–H and O–H groups in total. The number of thioether (sulfide) groups is 1. The number of carbonyl (C=O) groups is 8. The quantitative estimate of drug-likeness (QED) is 0.0746. The maximum absolute atomic E-state index is 14.5. The fourth-order valence-corrected chi connectivity index (χ4v) is 14.8. The van der Waals surface area contributed by atoms with Crippen LogP contribution in [-0.2, 0) is 25.7 Å². The van der Waals surface area contributed by atoms with Crippen molar-refractivity contribution in [3.05, 3.63) is 123 Å². The molecule has 12 bridgehead atoms. The number of benzene rings is 1. The second kappa shape index (κ2) is 23.8. The van der Waals surface area contributed by atoms with Crippen LogP contribution in [0.5, 0.6) is 5.75 Å². The molecule has 0 fully saturated rings. The van der Waals surface area contributed by atoms with Gasteiger partial charge < -0.3 is 52.4 Å². The van der Waals surface area contributed by atoms with E-state index in [9.17, 15) is 53.7 Å². The van der Waals surface area contributed by atoms with Gasteiger partial charge >= 0.3 is 5.97 Å². The van der Waals surface area contributed by atoms with Crippen LogP contribution < -0.4 is 32.3 Å². The van der Waals surface area contributed by atoms with Crippen molar-refractivity contribution in [1.82, 2.24) is 56.5 Å². The van der Waals surface area contributed by atoms with Gasteiger partial charge in [0.15, 0.2) is 6.10 Å². The fraction of sp³-hybridized carbons (Fsp3) is 0.216. The van der Waals surface area contributed by atoms with E-state index in [1.54, 1.807) is 31.4 Å². The first-order chi connectivity index (χ1) is 39.2. The topological polar surface area (TPSA) is 370 Å². The van der Waals surface area contributed by atoms with E-state index in [-0.39, 0.29) is 99.3 Å². The Labute approximate surface area is 491 Å². The number of fused-ring (bicyclic) bond motifs is 13. The van der Waals surface area contributed by atoms with E-state index < -0.39 is 83.9 Å². The van der Waals surface area contributed by atoms with Crippen molar-refractivity contribution in [2.45, 2.75) is 64.1 Å². The van der Waals surface area contributed by atoms with Crippen molar-refractivity contribution in [2.24, 2.45) is 5.73 Å². The number of nitrogens with two attached hydrogens (primary N) is 1. The number of rotatable bonds is 5. The number of aliphatic hydroxyl groups is 2. The fourth-order valence-electron chi connectivity index (χ4n) is 8.31. The Morgan fingerprint density at radius 2 is 1.45 bits per heavy atom. The van der Waals surface area contributed by atoms with Crippen LogP contribution in [0, 0.1) is 6.92 Å². The molecule has 82 heavy (non-hydrogen) atoms. The van der Waals surface area contributed by atoms with Crippen LogP contribution in [0.4, 0.5) is 0 Å². The molecule has 7 aromatic heterocycles. The van der Waals surface area contributed by atoms with Gasteiger partial charge in [0.2, 0.25) is 11.0 Å². The van der Waals surface area contributed by atoms with E-state index in [1.165, 1.54) is 51.9 Å². The summed E-state index contributed by atoms with van der Waals surface area (Å²) in [5.41, 5.74) is 5.76. The van der Waals surface area contributed by atoms with Crippen molar-refractivity contribution in [2.75, 3.05) is 5.75 Å². The van der Waals surface area contributed by atoms with Crippen LogP contribution >= 0.6 is 79.8 Å². The molecular weight excluding hydrogens is 1200 g/mol. The molecule has 24 nitrogen and oxygen atoms in total. The standard InChI is InChI=1S/C51H42N12O12S7/c1-5-23-46-59-27(14-78-46)41(69)55-24-10-32(66)50(73)75-11-21-7-6-8-33-34(21)18(2)38(82-33)51(74)81-17-30(56-42(70)28-15-79-47(24)60-28)48-57-25(12-77-48)36-22(45-58-29(13-76-45)43(71)63-35(20(4)64)44(72)54-23)9-31(65)37(62-36)49-61-26(16-80-49)40(68)53-19(3)39(52)67/h5-9,12-16,20,24,30,32,35,64-66H,3,10-11,17H2,1-2,4H3,(H2,52,67)(H,53,68)(H,54,72)(H,55,69)(H,56,70)(H,63,71)/b23-5-/t20-,24+,30+,32+,35+/m1/s1. The lowest BCUT2D eigenvalue weighted by Crippen LogP contribution is -2.52. The predicted molar refractivity (Wildman–Crippen MR) is 308 cm³/mol. The third-order valence-electron chi connectivity index (χ3n) is 12.5. The molecule has 10 rings (SSSR count). The summed E-state index contributed by atoms with van der Waals surface area (Å²) in [5, 5.41) is 55.3. The number of thiazole rings is 5. The SMILES string of the molecule is C=C(NC(=O)c1csc(-c2nc3c(cc2O)-c2nc(cs2)C(=O)N[C@@H]([C@@H](C)O)C(=O)N/C(=C\C)c2nc(cs2)C(=O)N[C@H]2C[C@H](O)C(=O)OCc4cccc5sc(c(C)c45)C(=O)SC[C@H](NC(=O)c4csc2n4)c2nc-3cs2)n1)C(N)=O. The van der Waals surface area contributed by atoms with Crippen molar-refractivity contribution in [3.8, 4) is 38.4 Å². The number of aromatic hydroxyl groups is 1. The van der Waals surface area contributed by atoms with Crippen molar-refractivity contribution in [1.29, 1.82) is 0 Å². The predicted octanol–water partition coefficient (Wildman–Crippen LogP) is 5.62. The van der Waals surface area contributed by atoms with Gasteiger partial charge in [0.1, 0.15) is 83.3 Å². The van der Waals surface area contributed by atoms with Gasteiger partial charge in [-0.2, -0.15) is 0 Å². The van der Waals surface area contributed by atoms with Crippen LogP contribution in [0.1, 0.15) is 110 Å². The van der Waals surface area contributed by atoms with Gasteiger partial charge in [-0.3, -0.25) is 33.6 Å². The summed E-state index contributed by atoms with van der Waals surface area (Å²) in [4.78, 5) is 137. The van der Waals surface area contributed by atoms with Crippen LogP contribution in [0.2, 0.25) is 0 Å². The summed E-state index contributed by atoms with van der Waals surface area (Å²) < 4.78 is 6.37. The minimum atomic E-state index is -1.83. The lowest BCUT2D eigenvalue weighted by atomic mass is 10.1. The number of ether oxygens (including phenoxy) is 1. The highest BCUT2D eigenvalue weighted by Gasteiger charge is 2.34. The van der Waals surface area contributed by atoms with Crippen LogP contribution in [0.15, 0.2) is 69.5 Å². The third kappa shape index (κ3) is 11.8.